The van der Waals surface area contributed by atoms with E-state index in [0.29, 0.717) is 19.5 Å². The fourth-order valence-electron chi connectivity index (χ4n) is 2.11. The second-order valence-corrected chi connectivity index (χ2v) is 6.96. The molecule has 6 nitrogen and oxygen atoms in total. The van der Waals surface area contributed by atoms with Crippen LogP contribution in [0.15, 0.2) is 0 Å². The van der Waals surface area contributed by atoms with Gasteiger partial charge in [0, 0.05) is 41.9 Å². The Balaban J connectivity index is 2.35. The number of aliphatic carboxylic acids is 1. The fourth-order valence-corrected chi connectivity index (χ4v) is 2.56. The summed E-state index contributed by atoms with van der Waals surface area (Å²) in [6.07, 6.45) is 2.30. The van der Waals surface area contributed by atoms with Crippen LogP contribution in [0.25, 0.3) is 0 Å². The van der Waals surface area contributed by atoms with E-state index in [4.69, 9.17) is 5.11 Å². The molecule has 2 amide bonds. The molecule has 0 bridgehead atoms. The highest BCUT2D eigenvalue weighted by Gasteiger charge is 2.36. The molecule has 2 unspecified atom stereocenters. The Labute approximate surface area is 116 Å². The zero-order valence-electron chi connectivity index (χ0n) is 11.6. The second kappa shape index (κ2) is 6.88. The highest BCUT2D eigenvalue weighted by atomic mass is 32.2. The lowest BCUT2D eigenvalue weighted by molar-refractivity contribution is -0.142. The lowest BCUT2D eigenvalue weighted by Crippen LogP contribution is -2.40. The van der Waals surface area contributed by atoms with Gasteiger partial charge in [-0.15, -0.1) is 0 Å². The van der Waals surface area contributed by atoms with Crippen molar-refractivity contribution in [1.82, 2.24) is 10.2 Å². The Morgan fingerprint density at radius 2 is 2.11 bits per heavy atom. The molecule has 0 aliphatic carbocycles. The number of carbonyl (C=O) groups excluding carboxylic acids is 1. The minimum atomic E-state index is -0.887. The van der Waals surface area contributed by atoms with Crippen molar-refractivity contribution < 1.29 is 18.9 Å². The van der Waals surface area contributed by atoms with Crippen LogP contribution in [0, 0.1) is 11.8 Å². The molecule has 1 aliphatic rings. The molecule has 1 heterocycles. The van der Waals surface area contributed by atoms with Gasteiger partial charge in [0.05, 0.1) is 5.92 Å². The molecule has 110 valence electrons. The SMILES string of the molecule is CC(CCNC(=O)N1C[C@@H](C)[C@H](C(=O)O)C1)S(C)=O. The number of carbonyl (C=O) groups is 2. The first-order valence-corrected chi connectivity index (χ1v) is 8.02. The van der Waals surface area contributed by atoms with Crippen molar-refractivity contribution in [2.24, 2.45) is 11.8 Å². The number of urea groups is 1. The minimum absolute atomic E-state index is 0.0229. The summed E-state index contributed by atoms with van der Waals surface area (Å²) < 4.78 is 11.2. The van der Waals surface area contributed by atoms with Crippen molar-refractivity contribution in [2.45, 2.75) is 25.5 Å². The van der Waals surface area contributed by atoms with Gasteiger partial charge in [0.1, 0.15) is 0 Å². The molecule has 4 atom stereocenters. The van der Waals surface area contributed by atoms with Crippen LogP contribution in [0.5, 0.6) is 0 Å². The molecule has 1 fully saturated rings. The zero-order chi connectivity index (χ0) is 14.6. The van der Waals surface area contributed by atoms with Crippen LogP contribution in [0.4, 0.5) is 4.79 Å². The molecule has 1 saturated heterocycles. The van der Waals surface area contributed by atoms with Crippen molar-refractivity contribution in [2.75, 3.05) is 25.9 Å². The summed E-state index contributed by atoms with van der Waals surface area (Å²) in [7, 11) is -0.887. The molecule has 0 spiro atoms. The maximum Gasteiger partial charge on any atom is 0.317 e. The minimum Gasteiger partial charge on any atom is -0.481 e. The number of hydrogen-bond donors (Lipinski definition) is 2. The van der Waals surface area contributed by atoms with Crippen LogP contribution in [0.3, 0.4) is 0 Å². The standard InChI is InChI=1S/C12H22N2O4S/c1-8-6-14(7-10(8)11(15)16)12(17)13-5-4-9(2)19(3)18/h8-10H,4-7H2,1-3H3,(H,13,17)(H,15,16)/t8-,9?,10-,19?/m1/s1. The van der Waals surface area contributed by atoms with Crippen molar-refractivity contribution >= 4 is 22.8 Å². The average molecular weight is 290 g/mol. The van der Waals surface area contributed by atoms with Gasteiger partial charge in [0.2, 0.25) is 0 Å². The van der Waals surface area contributed by atoms with Crippen LogP contribution in [0.1, 0.15) is 20.3 Å². The number of likely N-dealkylation sites (tertiary alicyclic amines) is 1. The summed E-state index contributed by atoms with van der Waals surface area (Å²) >= 11 is 0. The quantitative estimate of drug-likeness (QED) is 0.772. The Kier molecular flexibility index (Phi) is 5.78. The molecule has 0 aromatic heterocycles. The average Bonchev–Trinajstić information content (AvgIpc) is 2.71. The van der Waals surface area contributed by atoms with Gasteiger partial charge >= 0.3 is 12.0 Å². The maximum atomic E-state index is 11.9. The molecule has 0 saturated carbocycles. The summed E-state index contributed by atoms with van der Waals surface area (Å²) in [5, 5.41) is 11.8. The predicted molar refractivity (Wildman–Crippen MR) is 73.4 cm³/mol. The van der Waals surface area contributed by atoms with Crippen molar-refractivity contribution in [3.05, 3.63) is 0 Å². The second-order valence-electron chi connectivity index (χ2n) is 5.16. The third kappa shape index (κ3) is 4.49. The van der Waals surface area contributed by atoms with Crippen LogP contribution >= 0.6 is 0 Å². The molecule has 1 rings (SSSR count). The number of rotatable bonds is 5. The van der Waals surface area contributed by atoms with Crippen LogP contribution in [0.2, 0.25) is 0 Å². The van der Waals surface area contributed by atoms with E-state index in [1.54, 1.807) is 6.26 Å². The lowest BCUT2D eigenvalue weighted by atomic mass is 9.99. The molecule has 1 aliphatic heterocycles. The Hall–Kier alpha value is -1.11. The Morgan fingerprint density at radius 1 is 1.47 bits per heavy atom. The highest BCUT2D eigenvalue weighted by molar-refractivity contribution is 7.84. The molecule has 0 aromatic carbocycles. The van der Waals surface area contributed by atoms with Gasteiger partial charge in [-0.25, -0.2) is 4.79 Å². The van der Waals surface area contributed by atoms with Crippen LogP contribution < -0.4 is 5.32 Å². The molecular formula is C12H22N2O4S. The van der Waals surface area contributed by atoms with E-state index in [9.17, 15) is 13.8 Å². The first-order valence-electron chi connectivity index (χ1n) is 6.40. The summed E-state index contributed by atoms with van der Waals surface area (Å²) in [4.78, 5) is 24.4. The van der Waals surface area contributed by atoms with Crippen molar-refractivity contribution in [1.29, 1.82) is 0 Å². The Morgan fingerprint density at radius 3 is 2.58 bits per heavy atom. The van der Waals surface area contributed by atoms with Gasteiger partial charge in [-0.2, -0.15) is 0 Å². The number of amides is 2. The normalized spacial score (nSPS) is 25.9. The van der Waals surface area contributed by atoms with Crippen LogP contribution in [-0.2, 0) is 15.6 Å². The largest absolute Gasteiger partial charge is 0.481 e. The van der Waals surface area contributed by atoms with E-state index in [2.05, 4.69) is 5.32 Å². The fraction of sp³-hybridized carbons (Fsp3) is 0.833. The van der Waals surface area contributed by atoms with Crippen LogP contribution in [-0.4, -0.2) is 57.4 Å². The van der Waals surface area contributed by atoms with Gasteiger partial charge in [-0.05, 0) is 12.3 Å². The molecular weight excluding hydrogens is 268 g/mol. The van der Waals surface area contributed by atoms with Gasteiger partial charge in [-0.1, -0.05) is 13.8 Å². The lowest BCUT2D eigenvalue weighted by Gasteiger charge is -2.17. The summed E-state index contributed by atoms with van der Waals surface area (Å²) in [5.41, 5.74) is 0. The highest BCUT2D eigenvalue weighted by Crippen LogP contribution is 2.22. The monoisotopic (exact) mass is 290 g/mol. The molecule has 0 aromatic rings. The van der Waals surface area contributed by atoms with Gasteiger partial charge < -0.3 is 15.3 Å². The first-order chi connectivity index (χ1) is 8.82. The number of hydrogen-bond acceptors (Lipinski definition) is 3. The number of carboxylic acid groups (broad SMARTS) is 1. The third-order valence-electron chi connectivity index (χ3n) is 3.61. The number of carboxylic acids is 1. The third-order valence-corrected chi connectivity index (χ3v) is 4.98. The maximum absolute atomic E-state index is 11.9. The Bertz CT molecular complexity index is 375. The van der Waals surface area contributed by atoms with E-state index in [0.717, 1.165) is 0 Å². The van der Waals surface area contributed by atoms with E-state index in [-0.39, 0.29) is 23.7 Å². The van der Waals surface area contributed by atoms with Gasteiger partial charge in [-0.3, -0.25) is 9.00 Å². The van der Waals surface area contributed by atoms with E-state index < -0.39 is 22.7 Å². The first kappa shape index (κ1) is 15.9. The summed E-state index contributed by atoms with van der Waals surface area (Å²) in [6, 6.07) is -0.232. The zero-order valence-corrected chi connectivity index (χ0v) is 12.4. The summed E-state index contributed by atoms with van der Waals surface area (Å²) in [6.45, 7) is 4.91. The molecule has 19 heavy (non-hydrogen) atoms. The van der Waals surface area contributed by atoms with E-state index >= 15 is 0 Å². The van der Waals surface area contributed by atoms with E-state index in [1.165, 1.54) is 4.90 Å². The number of nitrogens with zero attached hydrogens (tertiary/aromatic N) is 1. The molecule has 0 radical (unpaired) electrons. The topological polar surface area (TPSA) is 86.7 Å². The van der Waals surface area contributed by atoms with Crippen molar-refractivity contribution in [3.63, 3.8) is 0 Å². The predicted octanol–water partition coefficient (Wildman–Crippen LogP) is 0.506. The molecule has 7 heteroatoms. The van der Waals surface area contributed by atoms with Gasteiger partial charge in [0.15, 0.2) is 0 Å². The van der Waals surface area contributed by atoms with Crippen molar-refractivity contribution in [3.8, 4) is 0 Å². The summed E-state index contributed by atoms with van der Waals surface area (Å²) in [5.74, 6) is -1.35. The van der Waals surface area contributed by atoms with E-state index in [1.807, 2.05) is 13.8 Å². The van der Waals surface area contributed by atoms with Gasteiger partial charge in [0.25, 0.3) is 0 Å². The smallest absolute Gasteiger partial charge is 0.317 e. The number of nitrogens with one attached hydrogen (secondary N) is 1. The molecule has 2 N–H and O–H groups in total.